The minimum atomic E-state index is -0.744. The Balaban J connectivity index is 1.78. The van der Waals surface area contributed by atoms with Gasteiger partial charge < -0.3 is 20.9 Å². The molecule has 0 saturated carbocycles. The molecule has 0 bridgehead atoms. The topological polar surface area (TPSA) is 136 Å². The van der Waals surface area contributed by atoms with Crippen LogP contribution in [0.15, 0.2) is 23.4 Å². The third-order valence-corrected chi connectivity index (χ3v) is 6.68. The summed E-state index contributed by atoms with van der Waals surface area (Å²) in [5.74, 6) is 0.154. The summed E-state index contributed by atoms with van der Waals surface area (Å²) in [6.45, 7) is 0. The second-order valence-electron chi connectivity index (χ2n) is 6.52. The molecule has 0 amide bonds. The lowest BCUT2D eigenvalue weighted by molar-refractivity contribution is -0.142. The van der Waals surface area contributed by atoms with Crippen LogP contribution in [0.3, 0.4) is 0 Å². The first-order valence-electron chi connectivity index (χ1n) is 8.61. The lowest BCUT2D eigenvalue weighted by Crippen LogP contribution is -2.21. The highest BCUT2D eigenvalue weighted by atomic mass is 32.2. The highest BCUT2D eigenvalue weighted by Gasteiger charge is 2.29. The molecule has 6 N–H and O–H groups in total. The van der Waals surface area contributed by atoms with Crippen LogP contribution >= 0.6 is 23.3 Å². The molecule has 1 aliphatic rings. The average molecular weight is 418 g/mol. The van der Waals surface area contributed by atoms with Gasteiger partial charge in [0.05, 0.1) is 29.8 Å². The van der Waals surface area contributed by atoms with Crippen LogP contribution in [0.4, 0.5) is 17.2 Å². The Labute approximate surface area is 169 Å². The quantitative estimate of drug-likeness (QED) is 0.364. The number of nitrogen functional groups attached to an aromatic ring is 1. The molecule has 1 atom stereocenters. The van der Waals surface area contributed by atoms with Crippen molar-refractivity contribution in [3.05, 3.63) is 28.9 Å². The van der Waals surface area contributed by atoms with Gasteiger partial charge in [0, 0.05) is 15.8 Å². The molecule has 10 heteroatoms. The van der Waals surface area contributed by atoms with E-state index in [9.17, 15) is 9.90 Å². The van der Waals surface area contributed by atoms with Crippen LogP contribution < -0.4 is 20.9 Å². The van der Waals surface area contributed by atoms with Gasteiger partial charge in [0.15, 0.2) is 0 Å². The van der Waals surface area contributed by atoms with Crippen LogP contribution in [0.2, 0.25) is 0 Å². The number of nitrogens with zero attached hydrogens (tertiary/aromatic N) is 2. The predicted octanol–water partition coefficient (Wildman–Crippen LogP) is 3.18. The zero-order valence-corrected chi connectivity index (χ0v) is 16.7. The molecular formula is C18H19N5O3S2. The summed E-state index contributed by atoms with van der Waals surface area (Å²) >= 11 is 2.60. The van der Waals surface area contributed by atoms with Crippen molar-refractivity contribution in [1.29, 1.82) is 0 Å². The van der Waals surface area contributed by atoms with Crippen LogP contribution in [0.25, 0.3) is 10.2 Å². The Hall–Kier alpha value is -2.56. The molecule has 1 unspecified atom stereocenters. The van der Waals surface area contributed by atoms with Crippen LogP contribution in [0.1, 0.15) is 16.9 Å². The van der Waals surface area contributed by atoms with Gasteiger partial charge in [-0.05, 0) is 42.8 Å². The molecule has 1 aliphatic carbocycles. The van der Waals surface area contributed by atoms with Gasteiger partial charge in [0.1, 0.15) is 22.7 Å². The van der Waals surface area contributed by atoms with Crippen LogP contribution in [-0.2, 0) is 17.6 Å². The molecule has 2 aromatic heterocycles. The number of rotatable bonds is 5. The third-order valence-electron chi connectivity index (χ3n) is 4.91. The zero-order valence-electron chi connectivity index (χ0n) is 15.1. The first kappa shape index (κ1) is 18.8. The number of benzene rings is 1. The largest absolute Gasteiger partial charge is 0.494 e. The van der Waals surface area contributed by atoms with Crippen molar-refractivity contribution in [2.75, 3.05) is 18.2 Å². The molecule has 2 heterocycles. The molecule has 0 aliphatic heterocycles. The highest BCUT2D eigenvalue weighted by Crippen LogP contribution is 2.42. The number of methoxy groups -OCH3 is 1. The van der Waals surface area contributed by atoms with E-state index in [1.165, 1.54) is 17.7 Å². The van der Waals surface area contributed by atoms with Gasteiger partial charge >= 0.3 is 5.97 Å². The van der Waals surface area contributed by atoms with Crippen LogP contribution in [-0.4, -0.2) is 28.2 Å². The number of nitrogens with two attached hydrogens (primary N) is 2. The molecule has 0 spiro atoms. The Morgan fingerprint density at radius 1 is 1.43 bits per heavy atom. The van der Waals surface area contributed by atoms with Crippen molar-refractivity contribution >= 4 is 56.7 Å². The van der Waals surface area contributed by atoms with E-state index in [-0.39, 0.29) is 5.92 Å². The lowest BCUT2D eigenvalue weighted by atomic mass is 9.88. The maximum absolute atomic E-state index is 11.4. The monoisotopic (exact) mass is 417 g/mol. The fourth-order valence-electron chi connectivity index (χ4n) is 3.49. The van der Waals surface area contributed by atoms with E-state index in [1.54, 1.807) is 13.2 Å². The van der Waals surface area contributed by atoms with E-state index in [4.69, 9.17) is 15.6 Å². The molecule has 0 radical (unpaired) electrons. The number of carboxylic acids is 1. The molecule has 0 saturated heterocycles. The summed E-state index contributed by atoms with van der Waals surface area (Å²) < 4.78 is 5.45. The van der Waals surface area contributed by atoms with E-state index in [2.05, 4.69) is 15.3 Å². The molecule has 0 fully saturated rings. The van der Waals surface area contributed by atoms with Crippen molar-refractivity contribution in [3.63, 3.8) is 0 Å². The summed E-state index contributed by atoms with van der Waals surface area (Å²) in [5, 5.41) is 19.3. The summed E-state index contributed by atoms with van der Waals surface area (Å²) in [7, 11) is 1.57. The number of carboxylic acid groups (broad SMARTS) is 1. The predicted molar refractivity (Wildman–Crippen MR) is 111 cm³/mol. The number of aromatic nitrogens is 2. The minimum absolute atomic E-state index is 0.341. The maximum Gasteiger partial charge on any atom is 0.306 e. The molecule has 28 heavy (non-hydrogen) atoms. The van der Waals surface area contributed by atoms with E-state index in [1.807, 2.05) is 6.07 Å². The number of ether oxygens (including phenoxy) is 1. The third kappa shape index (κ3) is 3.23. The molecule has 8 nitrogen and oxygen atoms in total. The number of carbonyl (C=O) groups is 1. The van der Waals surface area contributed by atoms with Crippen LogP contribution in [0.5, 0.6) is 5.75 Å². The zero-order chi connectivity index (χ0) is 19.8. The van der Waals surface area contributed by atoms with Gasteiger partial charge in [0.25, 0.3) is 0 Å². The summed E-state index contributed by atoms with van der Waals surface area (Å²) in [6, 6.07) is 3.54. The standard InChI is InChI=1S/C18H19N5O3S2/c1-26-12-5-10(19)14(28-20)6-11(12)23-16-15-9-3-2-8(18(24)25)4-13(9)27-17(15)22-7-21-16/h5-8H,2-4,19-20H2,1H3,(H,24,25)(H,21,22,23). The number of thiophene rings is 1. The number of hydrogen-bond donors (Lipinski definition) is 4. The number of fused-ring (bicyclic) bond motifs is 3. The minimum Gasteiger partial charge on any atom is -0.494 e. The Morgan fingerprint density at radius 2 is 2.25 bits per heavy atom. The van der Waals surface area contributed by atoms with Gasteiger partial charge in [-0.1, -0.05) is 0 Å². The van der Waals surface area contributed by atoms with Gasteiger partial charge in [0.2, 0.25) is 0 Å². The van der Waals surface area contributed by atoms with Gasteiger partial charge in [-0.3, -0.25) is 9.93 Å². The van der Waals surface area contributed by atoms with Crippen LogP contribution in [0, 0.1) is 5.92 Å². The fourth-order valence-corrected chi connectivity index (χ4v) is 5.14. The Morgan fingerprint density at radius 3 is 2.96 bits per heavy atom. The van der Waals surface area contributed by atoms with E-state index in [0.29, 0.717) is 42.2 Å². The molecule has 1 aromatic carbocycles. The Bertz CT molecular complexity index is 1070. The molecule has 4 rings (SSSR count). The molecule has 146 valence electrons. The highest BCUT2D eigenvalue weighted by molar-refractivity contribution is 7.97. The van der Waals surface area contributed by atoms with Crippen molar-refractivity contribution < 1.29 is 14.6 Å². The first-order chi connectivity index (χ1) is 13.5. The Kier molecular flexibility index (Phi) is 5.00. The second kappa shape index (κ2) is 7.46. The summed E-state index contributed by atoms with van der Waals surface area (Å²) in [5.41, 5.74) is 8.36. The molecular weight excluding hydrogens is 398 g/mol. The fraction of sp³-hybridized carbons (Fsp3) is 0.278. The first-order valence-corrected chi connectivity index (χ1v) is 10.3. The number of nitrogens with one attached hydrogen (secondary N) is 1. The SMILES string of the molecule is COc1cc(N)c(SN)cc1Nc1ncnc2sc3c(c12)CCC(C(=O)O)C3. The lowest BCUT2D eigenvalue weighted by Gasteiger charge is -2.19. The smallest absolute Gasteiger partial charge is 0.306 e. The van der Waals surface area contributed by atoms with E-state index in [0.717, 1.165) is 37.5 Å². The molecule has 3 aromatic rings. The van der Waals surface area contributed by atoms with E-state index < -0.39 is 5.97 Å². The number of aliphatic carboxylic acids is 1. The van der Waals surface area contributed by atoms with Gasteiger partial charge in [-0.2, -0.15) is 0 Å². The van der Waals surface area contributed by atoms with Crippen molar-refractivity contribution in [3.8, 4) is 5.75 Å². The van der Waals surface area contributed by atoms with Gasteiger partial charge in [-0.25, -0.2) is 9.97 Å². The maximum atomic E-state index is 11.4. The summed E-state index contributed by atoms with van der Waals surface area (Å²) in [6.07, 6.45) is 3.34. The number of aryl methyl sites for hydroxylation is 1. The normalized spacial score (nSPS) is 16.0. The summed E-state index contributed by atoms with van der Waals surface area (Å²) in [4.78, 5) is 22.8. The van der Waals surface area contributed by atoms with Crippen molar-refractivity contribution in [1.82, 2.24) is 9.97 Å². The van der Waals surface area contributed by atoms with Crippen molar-refractivity contribution in [2.24, 2.45) is 11.1 Å². The second-order valence-corrected chi connectivity index (χ2v) is 8.28. The number of hydrogen-bond acceptors (Lipinski definition) is 9. The van der Waals surface area contributed by atoms with E-state index >= 15 is 0 Å². The van der Waals surface area contributed by atoms with Crippen molar-refractivity contribution in [2.45, 2.75) is 24.2 Å². The average Bonchev–Trinajstić information content (AvgIpc) is 3.07. The number of anilines is 3. The van der Waals surface area contributed by atoms with Gasteiger partial charge in [-0.15, -0.1) is 11.3 Å².